The molecule has 3 aliphatic rings. The number of amidine groups is 1. The van der Waals surface area contributed by atoms with Crippen LogP contribution in [0.25, 0.3) is 0 Å². The summed E-state index contributed by atoms with van der Waals surface area (Å²) in [7, 11) is 2.21. The minimum absolute atomic E-state index is 0.286. The number of nitrogens with zero attached hydrogens (tertiary/aromatic N) is 2. The Hall–Kier alpha value is -0.260. The van der Waals surface area contributed by atoms with Crippen molar-refractivity contribution < 1.29 is 4.74 Å². The van der Waals surface area contributed by atoms with Crippen molar-refractivity contribution in [2.24, 2.45) is 10.9 Å². The molecule has 0 aliphatic carbocycles. The normalized spacial score (nSPS) is 30.9. The number of piperidine rings is 1. The maximum absolute atomic E-state index is 5.46. The van der Waals surface area contributed by atoms with Crippen molar-refractivity contribution in [2.45, 2.75) is 31.2 Å². The molecule has 0 atom stereocenters. The highest BCUT2D eigenvalue weighted by molar-refractivity contribution is 8.14. The van der Waals surface area contributed by atoms with Crippen molar-refractivity contribution in [2.75, 3.05) is 45.6 Å². The fourth-order valence-electron chi connectivity index (χ4n) is 3.08. The second-order valence-corrected chi connectivity index (χ2v) is 7.16. The highest BCUT2D eigenvalue weighted by atomic mass is 32.2. The molecule has 0 unspecified atom stereocenters. The van der Waals surface area contributed by atoms with Crippen LogP contribution in [-0.4, -0.2) is 61.3 Å². The molecule has 3 rings (SSSR count). The second kappa shape index (κ2) is 6.02. The number of likely N-dealkylation sites (tertiary alicyclic amines) is 1. The highest BCUT2D eigenvalue weighted by Gasteiger charge is 2.38. The Kier molecular flexibility index (Phi) is 4.34. The smallest absolute Gasteiger partial charge is 0.157 e. The Balaban J connectivity index is 1.49. The maximum Gasteiger partial charge on any atom is 0.157 e. The van der Waals surface area contributed by atoms with E-state index >= 15 is 0 Å². The van der Waals surface area contributed by atoms with Gasteiger partial charge in [0.15, 0.2) is 5.17 Å². The average molecular weight is 283 g/mol. The second-order valence-electron chi connectivity index (χ2n) is 6.20. The van der Waals surface area contributed by atoms with Gasteiger partial charge in [0.2, 0.25) is 0 Å². The van der Waals surface area contributed by atoms with Crippen molar-refractivity contribution >= 4 is 16.9 Å². The molecule has 3 saturated heterocycles. The Morgan fingerprint density at radius 2 is 2.11 bits per heavy atom. The molecule has 108 valence electrons. The first-order chi connectivity index (χ1) is 9.26. The third-order valence-electron chi connectivity index (χ3n) is 4.64. The maximum atomic E-state index is 5.46. The largest absolute Gasteiger partial charge is 0.381 e. The van der Waals surface area contributed by atoms with E-state index in [0.717, 1.165) is 38.5 Å². The Labute approximate surface area is 120 Å². The summed E-state index contributed by atoms with van der Waals surface area (Å²) < 4.78 is 5.46. The van der Waals surface area contributed by atoms with Crippen LogP contribution in [0.4, 0.5) is 0 Å². The number of thioether (sulfide) groups is 1. The summed E-state index contributed by atoms with van der Waals surface area (Å²) in [6.45, 7) is 5.27. The molecule has 1 N–H and O–H groups in total. The molecule has 0 radical (unpaired) electrons. The first-order valence-corrected chi connectivity index (χ1v) is 8.46. The number of hydrogen-bond acceptors (Lipinski definition) is 4. The van der Waals surface area contributed by atoms with Crippen molar-refractivity contribution in [1.82, 2.24) is 10.2 Å². The van der Waals surface area contributed by atoms with Crippen molar-refractivity contribution in [1.29, 1.82) is 0 Å². The number of rotatable bonds is 2. The van der Waals surface area contributed by atoms with E-state index < -0.39 is 0 Å². The van der Waals surface area contributed by atoms with E-state index in [1.807, 2.05) is 11.8 Å². The van der Waals surface area contributed by atoms with Crippen LogP contribution in [0.1, 0.15) is 25.7 Å². The van der Waals surface area contributed by atoms with Gasteiger partial charge in [-0.05, 0) is 51.7 Å². The zero-order chi connectivity index (χ0) is 13.1. The van der Waals surface area contributed by atoms with Gasteiger partial charge in [-0.25, -0.2) is 0 Å². The first-order valence-electron chi connectivity index (χ1n) is 7.48. The molecule has 0 aromatic carbocycles. The molecule has 0 bridgehead atoms. The minimum Gasteiger partial charge on any atom is -0.381 e. The van der Waals surface area contributed by atoms with Gasteiger partial charge in [-0.3, -0.25) is 4.99 Å². The van der Waals surface area contributed by atoms with Crippen molar-refractivity contribution in [3.05, 3.63) is 0 Å². The first kappa shape index (κ1) is 13.7. The molecule has 3 fully saturated rings. The molecule has 3 heterocycles. The van der Waals surface area contributed by atoms with Crippen molar-refractivity contribution in [3.63, 3.8) is 0 Å². The van der Waals surface area contributed by atoms with E-state index in [0.29, 0.717) is 0 Å². The SMILES string of the molecule is CN1CCC(CN=C2NC3(CCOCC3)CS2)CC1. The molecule has 19 heavy (non-hydrogen) atoms. The average Bonchev–Trinajstić information content (AvgIpc) is 2.82. The Morgan fingerprint density at radius 1 is 1.37 bits per heavy atom. The molecule has 3 aliphatic heterocycles. The Morgan fingerprint density at radius 3 is 2.84 bits per heavy atom. The van der Waals surface area contributed by atoms with Crippen LogP contribution in [-0.2, 0) is 4.74 Å². The van der Waals surface area contributed by atoms with E-state index in [1.54, 1.807) is 0 Å². The topological polar surface area (TPSA) is 36.9 Å². The summed E-state index contributed by atoms with van der Waals surface area (Å²) in [5.41, 5.74) is 0.286. The fraction of sp³-hybridized carbons (Fsp3) is 0.929. The van der Waals surface area contributed by atoms with Crippen LogP contribution in [0.3, 0.4) is 0 Å². The lowest BCUT2D eigenvalue weighted by atomic mass is 9.93. The third-order valence-corrected chi connectivity index (χ3v) is 5.84. The number of aliphatic imine (C=N–C) groups is 1. The van der Waals surface area contributed by atoms with Crippen LogP contribution >= 0.6 is 11.8 Å². The van der Waals surface area contributed by atoms with E-state index in [9.17, 15) is 0 Å². The molecule has 4 nitrogen and oxygen atoms in total. The zero-order valence-electron chi connectivity index (χ0n) is 11.9. The van der Waals surface area contributed by atoms with Gasteiger partial charge < -0.3 is 15.0 Å². The predicted molar refractivity (Wildman–Crippen MR) is 80.9 cm³/mol. The lowest BCUT2D eigenvalue weighted by molar-refractivity contribution is 0.0555. The van der Waals surface area contributed by atoms with Gasteiger partial charge in [0.1, 0.15) is 0 Å². The van der Waals surface area contributed by atoms with Gasteiger partial charge in [0.05, 0.1) is 5.54 Å². The molecule has 0 amide bonds. The lowest BCUT2D eigenvalue weighted by Gasteiger charge is -2.32. The monoisotopic (exact) mass is 283 g/mol. The summed E-state index contributed by atoms with van der Waals surface area (Å²) >= 11 is 1.91. The zero-order valence-corrected chi connectivity index (χ0v) is 12.7. The van der Waals surface area contributed by atoms with Crippen LogP contribution in [0.5, 0.6) is 0 Å². The Bertz CT molecular complexity index is 334. The van der Waals surface area contributed by atoms with E-state index in [-0.39, 0.29) is 5.54 Å². The molecular formula is C14H25N3OS. The number of hydrogen-bond donors (Lipinski definition) is 1. The summed E-state index contributed by atoms with van der Waals surface area (Å²) in [5, 5.41) is 4.86. The summed E-state index contributed by atoms with van der Waals surface area (Å²) in [5.74, 6) is 1.96. The van der Waals surface area contributed by atoms with Gasteiger partial charge in [-0.1, -0.05) is 11.8 Å². The third kappa shape index (κ3) is 3.44. The highest BCUT2D eigenvalue weighted by Crippen LogP contribution is 2.32. The summed E-state index contributed by atoms with van der Waals surface area (Å²) in [4.78, 5) is 7.25. The van der Waals surface area contributed by atoms with Crippen LogP contribution in [0.2, 0.25) is 0 Å². The number of nitrogens with one attached hydrogen (secondary N) is 1. The fourth-order valence-corrected chi connectivity index (χ4v) is 4.31. The molecule has 5 heteroatoms. The van der Waals surface area contributed by atoms with Gasteiger partial charge in [0, 0.05) is 25.5 Å². The minimum atomic E-state index is 0.286. The predicted octanol–water partition coefficient (Wildman–Crippen LogP) is 1.57. The summed E-state index contributed by atoms with van der Waals surface area (Å²) in [6, 6.07) is 0. The van der Waals surface area contributed by atoms with E-state index in [1.165, 1.54) is 36.9 Å². The standard InChI is InChI=1S/C14H25N3OS/c1-17-6-2-12(3-7-17)10-15-13-16-14(11-19-13)4-8-18-9-5-14/h12H,2-11H2,1H3,(H,15,16). The lowest BCUT2D eigenvalue weighted by Crippen LogP contribution is -2.48. The van der Waals surface area contributed by atoms with E-state index in [2.05, 4.69) is 17.3 Å². The van der Waals surface area contributed by atoms with Gasteiger partial charge in [0.25, 0.3) is 0 Å². The van der Waals surface area contributed by atoms with Gasteiger partial charge >= 0.3 is 0 Å². The van der Waals surface area contributed by atoms with Gasteiger partial charge in [-0.2, -0.15) is 0 Å². The van der Waals surface area contributed by atoms with Crippen LogP contribution in [0, 0.1) is 5.92 Å². The van der Waals surface area contributed by atoms with Crippen molar-refractivity contribution in [3.8, 4) is 0 Å². The van der Waals surface area contributed by atoms with Gasteiger partial charge in [-0.15, -0.1) is 0 Å². The van der Waals surface area contributed by atoms with Crippen LogP contribution < -0.4 is 5.32 Å². The van der Waals surface area contributed by atoms with E-state index in [4.69, 9.17) is 9.73 Å². The van der Waals surface area contributed by atoms with Crippen LogP contribution in [0.15, 0.2) is 4.99 Å². The number of ether oxygens (including phenoxy) is 1. The molecule has 1 spiro atoms. The molecule has 0 aromatic heterocycles. The summed E-state index contributed by atoms with van der Waals surface area (Å²) in [6.07, 6.45) is 4.87. The molecule has 0 saturated carbocycles. The quantitative estimate of drug-likeness (QED) is 0.835. The molecule has 0 aromatic rings. The molecular weight excluding hydrogens is 258 g/mol.